The first-order valence-corrected chi connectivity index (χ1v) is 9.08. The zero-order valence-corrected chi connectivity index (χ0v) is 14.6. The summed E-state index contributed by atoms with van der Waals surface area (Å²) in [7, 11) is -2.40. The fraction of sp³-hybridized carbons (Fsp3) is 0.556. The van der Waals surface area contributed by atoms with Gasteiger partial charge in [0.05, 0.1) is 10.3 Å². The molecule has 0 aliphatic carbocycles. The van der Waals surface area contributed by atoms with E-state index in [0.29, 0.717) is 18.4 Å². The molecule has 0 amide bonds. The van der Waals surface area contributed by atoms with Gasteiger partial charge in [-0.3, -0.25) is 0 Å². The number of benzene rings is 1. The van der Waals surface area contributed by atoms with E-state index < -0.39 is 15.7 Å². The van der Waals surface area contributed by atoms with Crippen LogP contribution in [0.25, 0.3) is 0 Å². The Balaban J connectivity index is 3.41. The highest BCUT2D eigenvalue weighted by Gasteiger charge is 2.36. The summed E-state index contributed by atoms with van der Waals surface area (Å²) in [6.45, 7) is 6.06. The van der Waals surface area contributed by atoms with E-state index in [1.54, 1.807) is 12.1 Å². The molecule has 1 aromatic rings. The van der Waals surface area contributed by atoms with Gasteiger partial charge in [-0.15, -0.1) is 0 Å². The van der Waals surface area contributed by atoms with E-state index in [0.717, 1.165) is 37.5 Å². The molecule has 0 atom stereocenters. The Morgan fingerprint density at radius 3 is 1.91 bits per heavy atom. The molecule has 4 heteroatoms. The highest BCUT2D eigenvalue weighted by molar-refractivity contribution is 7.73. The minimum absolute atomic E-state index is 0.254. The molecule has 0 bridgehead atoms. The van der Waals surface area contributed by atoms with E-state index in [2.05, 4.69) is 13.8 Å². The SMILES string of the molecule is CCCCC(C=O)(CCCC)C(c1ccc(C)cc1)=S(=O)=O. The van der Waals surface area contributed by atoms with E-state index in [1.165, 1.54) is 0 Å². The molecule has 1 aromatic carbocycles. The number of aryl methyl sites for hydroxylation is 1. The predicted molar refractivity (Wildman–Crippen MR) is 91.8 cm³/mol. The minimum atomic E-state index is -2.40. The molecule has 0 N–H and O–H groups in total. The van der Waals surface area contributed by atoms with Gasteiger partial charge in [0.1, 0.15) is 6.29 Å². The zero-order valence-electron chi connectivity index (χ0n) is 13.8. The summed E-state index contributed by atoms with van der Waals surface area (Å²) in [5.41, 5.74) is 0.810. The van der Waals surface area contributed by atoms with Gasteiger partial charge in [0, 0.05) is 0 Å². The van der Waals surface area contributed by atoms with Crippen LogP contribution < -0.4 is 0 Å². The molecule has 0 saturated heterocycles. The van der Waals surface area contributed by atoms with Gasteiger partial charge in [0.25, 0.3) is 0 Å². The van der Waals surface area contributed by atoms with Crippen LogP contribution in [-0.2, 0) is 15.1 Å². The molecule has 3 nitrogen and oxygen atoms in total. The fourth-order valence-corrected chi connectivity index (χ4v) is 3.68. The molecule has 0 aliphatic heterocycles. The Morgan fingerprint density at radius 1 is 1.05 bits per heavy atom. The van der Waals surface area contributed by atoms with Gasteiger partial charge in [-0.05, 0) is 25.3 Å². The monoisotopic (exact) mass is 322 g/mol. The Kier molecular flexibility index (Phi) is 7.52. The van der Waals surface area contributed by atoms with Gasteiger partial charge in [0.15, 0.2) is 0 Å². The molecule has 0 saturated carbocycles. The lowest BCUT2D eigenvalue weighted by atomic mass is 9.74. The molecule has 22 heavy (non-hydrogen) atoms. The number of hydrogen-bond donors (Lipinski definition) is 0. The molecule has 1 rings (SSSR count). The maximum atomic E-state index is 11.9. The average Bonchev–Trinajstić information content (AvgIpc) is 2.51. The van der Waals surface area contributed by atoms with Crippen molar-refractivity contribution in [2.24, 2.45) is 5.41 Å². The maximum Gasteiger partial charge on any atom is 0.218 e. The van der Waals surface area contributed by atoms with Gasteiger partial charge in [-0.1, -0.05) is 69.4 Å². The molecule has 0 spiro atoms. The van der Waals surface area contributed by atoms with Crippen LogP contribution in [0, 0.1) is 12.3 Å². The lowest BCUT2D eigenvalue weighted by Crippen LogP contribution is -2.34. The van der Waals surface area contributed by atoms with E-state index in [4.69, 9.17) is 0 Å². The third-order valence-corrected chi connectivity index (χ3v) is 5.09. The largest absolute Gasteiger partial charge is 0.302 e. The highest BCUT2D eigenvalue weighted by Crippen LogP contribution is 2.33. The topological polar surface area (TPSA) is 51.2 Å². The van der Waals surface area contributed by atoms with Crippen molar-refractivity contribution in [1.82, 2.24) is 0 Å². The van der Waals surface area contributed by atoms with Gasteiger partial charge in [0.2, 0.25) is 10.3 Å². The van der Waals surface area contributed by atoms with Crippen molar-refractivity contribution >= 4 is 21.4 Å². The Labute approximate surface area is 135 Å². The van der Waals surface area contributed by atoms with Gasteiger partial charge < -0.3 is 4.79 Å². The predicted octanol–water partition coefficient (Wildman–Crippen LogP) is 3.96. The average molecular weight is 322 g/mol. The quantitative estimate of drug-likeness (QED) is 0.393. The maximum absolute atomic E-state index is 11.9. The first-order chi connectivity index (χ1) is 10.5. The van der Waals surface area contributed by atoms with Gasteiger partial charge in [-0.25, -0.2) is 0 Å². The molecule has 122 valence electrons. The molecular formula is C18H26O3S. The van der Waals surface area contributed by atoms with Crippen molar-refractivity contribution < 1.29 is 13.2 Å². The number of unbranched alkanes of at least 4 members (excludes halogenated alkanes) is 2. The van der Waals surface area contributed by atoms with Crippen molar-refractivity contribution in [3.05, 3.63) is 35.4 Å². The molecule has 0 unspecified atom stereocenters. The first kappa shape index (κ1) is 18.6. The van der Waals surface area contributed by atoms with Crippen LogP contribution in [0.15, 0.2) is 24.3 Å². The van der Waals surface area contributed by atoms with Crippen LogP contribution in [0.3, 0.4) is 0 Å². The molecule has 0 aliphatic rings. The number of rotatable bonds is 9. The van der Waals surface area contributed by atoms with Crippen LogP contribution in [0.5, 0.6) is 0 Å². The van der Waals surface area contributed by atoms with Crippen molar-refractivity contribution in [3.8, 4) is 0 Å². The normalized spacial score (nSPS) is 11.2. The molecular weight excluding hydrogens is 296 g/mol. The summed E-state index contributed by atoms with van der Waals surface area (Å²) < 4.78 is 23.8. The van der Waals surface area contributed by atoms with E-state index in [9.17, 15) is 13.2 Å². The first-order valence-electron chi connectivity index (χ1n) is 8.00. The Bertz CT molecular complexity index is 596. The number of carbonyl (C=O) groups is 1. The van der Waals surface area contributed by atoms with Crippen LogP contribution in [-0.4, -0.2) is 19.6 Å². The van der Waals surface area contributed by atoms with Crippen LogP contribution in [0.4, 0.5) is 0 Å². The number of carbonyl (C=O) groups excluding carboxylic acids is 1. The van der Waals surface area contributed by atoms with Crippen molar-refractivity contribution in [2.75, 3.05) is 0 Å². The molecule has 0 radical (unpaired) electrons. The van der Waals surface area contributed by atoms with E-state index >= 15 is 0 Å². The van der Waals surface area contributed by atoms with Gasteiger partial charge in [-0.2, -0.15) is 8.42 Å². The van der Waals surface area contributed by atoms with E-state index in [1.807, 2.05) is 19.1 Å². The minimum Gasteiger partial charge on any atom is -0.302 e. The van der Waals surface area contributed by atoms with Crippen LogP contribution in [0.2, 0.25) is 0 Å². The standard InChI is InChI=1S/C18H26O3S/c1-4-6-12-18(14-19,13-7-5-2)17(22(20)21)16-10-8-15(3)9-11-16/h8-11,14H,4-7,12-13H2,1-3H3. The smallest absolute Gasteiger partial charge is 0.218 e. The van der Waals surface area contributed by atoms with Gasteiger partial charge >= 0.3 is 0 Å². The van der Waals surface area contributed by atoms with E-state index in [-0.39, 0.29) is 4.86 Å². The van der Waals surface area contributed by atoms with Crippen molar-refractivity contribution in [3.63, 3.8) is 0 Å². The number of hydrogen-bond acceptors (Lipinski definition) is 3. The Morgan fingerprint density at radius 2 is 1.55 bits per heavy atom. The highest BCUT2D eigenvalue weighted by atomic mass is 32.2. The second-order valence-corrected chi connectivity index (χ2v) is 6.79. The van der Waals surface area contributed by atoms with Crippen LogP contribution >= 0.6 is 0 Å². The molecule has 0 fully saturated rings. The zero-order chi connectivity index (χ0) is 16.6. The lowest BCUT2D eigenvalue weighted by molar-refractivity contribution is -0.113. The Hall–Kier alpha value is -1.42. The second kappa shape index (κ2) is 8.89. The number of aldehydes is 1. The summed E-state index contributed by atoms with van der Waals surface area (Å²) in [5.74, 6) is 0. The summed E-state index contributed by atoms with van der Waals surface area (Å²) in [6, 6.07) is 7.38. The molecule has 0 aromatic heterocycles. The summed E-state index contributed by atoms with van der Waals surface area (Å²) in [5, 5.41) is 0. The molecule has 0 heterocycles. The fourth-order valence-electron chi connectivity index (χ4n) is 2.76. The second-order valence-electron chi connectivity index (χ2n) is 5.91. The van der Waals surface area contributed by atoms with Crippen LogP contribution in [0.1, 0.15) is 63.5 Å². The van der Waals surface area contributed by atoms with Crippen molar-refractivity contribution in [2.45, 2.75) is 59.3 Å². The third kappa shape index (κ3) is 4.54. The van der Waals surface area contributed by atoms with Crippen molar-refractivity contribution in [1.29, 1.82) is 0 Å². The summed E-state index contributed by atoms with van der Waals surface area (Å²) in [6.07, 6.45) is 5.60. The third-order valence-electron chi connectivity index (χ3n) is 4.11. The summed E-state index contributed by atoms with van der Waals surface area (Å²) in [4.78, 5) is 12.2. The lowest BCUT2D eigenvalue weighted by Gasteiger charge is -2.28. The summed E-state index contributed by atoms with van der Waals surface area (Å²) >= 11 is 0.